The summed E-state index contributed by atoms with van der Waals surface area (Å²) < 4.78 is 5.79. The second-order valence-electron chi connectivity index (χ2n) is 6.61. The largest absolute Gasteiger partial charge is 0.411 e. The third-order valence-electron chi connectivity index (χ3n) is 4.17. The van der Waals surface area contributed by atoms with Gasteiger partial charge in [-0.15, -0.1) is 10.2 Å². The van der Waals surface area contributed by atoms with Crippen molar-refractivity contribution in [3.05, 3.63) is 24.3 Å². The fourth-order valence-corrected chi connectivity index (χ4v) is 3.63. The number of carbonyl (C=O) groups is 1. The molecule has 1 atom stereocenters. The summed E-state index contributed by atoms with van der Waals surface area (Å²) in [5.41, 5.74) is 2.05. The lowest BCUT2D eigenvalue weighted by Crippen LogP contribution is -2.34. The lowest BCUT2D eigenvalue weighted by Gasteiger charge is -2.21. The van der Waals surface area contributed by atoms with E-state index < -0.39 is 0 Å². The first-order valence-corrected chi connectivity index (χ1v) is 9.82. The van der Waals surface area contributed by atoms with Gasteiger partial charge in [0.2, 0.25) is 11.8 Å². The number of rotatable bonds is 8. The normalized spacial score (nSPS) is 12.3. The van der Waals surface area contributed by atoms with E-state index in [4.69, 9.17) is 4.42 Å². The first kappa shape index (κ1) is 20.3. The Balaban J connectivity index is 2.15. The molecule has 1 aromatic heterocycles. The van der Waals surface area contributed by atoms with Crippen molar-refractivity contribution in [3.8, 4) is 11.5 Å². The average Bonchev–Trinajstić information content (AvgIpc) is 3.09. The molecule has 0 saturated carbocycles. The van der Waals surface area contributed by atoms with Gasteiger partial charge in [0.05, 0.1) is 5.25 Å². The first-order chi connectivity index (χ1) is 12.4. The van der Waals surface area contributed by atoms with E-state index in [1.165, 1.54) is 17.4 Å². The summed E-state index contributed by atoms with van der Waals surface area (Å²) in [6, 6.07) is 8.10. The van der Waals surface area contributed by atoms with E-state index in [1.807, 2.05) is 26.0 Å². The van der Waals surface area contributed by atoms with Gasteiger partial charge in [-0.3, -0.25) is 4.79 Å². The number of hydrogen-bond donors (Lipinski definition) is 0. The molecule has 26 heavy (non-hydrogen) atoms. The van der Waals surface area contributed by atoms with Crippen LogP contribution in [-0.4, -0.2) is 53.4 Å². The predicted molar refractivity (Wildman–Crippen MR) is 106 cm³/mol. The molecular formula is C19H28N4O2S. The van der Waals surface area contributed by atoms with Gasteiger partial charge in [0, 0.05) is 38.4 Å². The van der Waals surface area contributed by atoms with Gasteiger partial charge in [0.25, 0.3) is 5.22 Å². The number of benzene rings is 1. The maximum absolute atomic E-state index is 12.3. The maximum atomic E-state index is 12.3. The Morgan fingerprint density at radius 3 is 2.23 bits per heavy atom. The summed E-state index contributed by atoms with van der Waals surface area (Å²) in [4.78, 5) is 16.2. The van der Waals surface area contributed by atoms with Crippen LogP contribution in [0.4, 0.5) is 5.69 Å². The molecule has 0 spiro atoms. The lowest BCUT2D eigenvalue weighted by molar-refractivity contribution is -0.128. The minimum atomic E-state index is -0.247. The van der Waals surface area contributed by atoms with Gasteiger partial charge in [-0.2, -0.15) is 0 Å². The summed E-state index contributed by atoms with van der Waals surface area (Å²) in [5, 5.41) is 8.42. The highest BCUT2D eigenvalue weighted by Crippen LogP contribution is 2.31. The van der Waals surface area contributed by atoms with Crippen LogP contribution >= 0.6 is 11.8 Å². The molecule has 0 aliphatic rings. The van der Waals surface area contributed by atoms with Crippen LogP contribution in [0.3, 0.4) is 0 Å². The van der Waals surface area contributed by atoms with E-state index in [-0.39, 0.29) is 17.1 Å². The molecule has 142 valence electrons. The first-order valence-electron chi connectivity index (χ1n) is 8.94. The molecule has 6 nitrogen and oxygen atoms in total. The van der Waals surface area contributed by atoms with E-state index in [0.717, 1.165) is 18.7 Å². The molecule has 1 amide bonds. The number of thioether (sulfide) groups is 1. The number of hydrogen-bond acceptors (Lipinski definition) is 6. The average molecular weight is 377 g/mol. The minimum Gasteiger partial charge on any atom is -0.411 e. The van der Waals surface area contributed by atoms with Crippen molar-refractivity contribution >= 4 is 23.4 Å². The van der Waals surface area contributed by atoms with Crippen LogP contribution in [0.15, 0.2) is 33.9 Å². The van der Waals surface area contributed by atoms with Crippen molar-refractivity contribution < 1.29 is 9.21 Å². The molecule has 0 radical (unpaired) electrons. The zero-order chi connectivity index (χ0) is 19.3. The Morgan fingerprint density at radius 1 is 1.12 bits per heavy atom. The smallest absolute Gasteiger partial charge is 0.277 e. The number of aromatic nitrogens is 2. The number of anilines is 1. The van der Waals surface area contributed by atoms with Gasteiger partial charge in [0.1, 0.15) is 0 Å². The summed E-state index contributed by atoms with van der Waals surface area (Å²) in [7, 11) is 3.52. The zero-order valence-corrected chi connectivity index (χ0v) is 17.2. The molecule has 0 fully saturated rings. The number of amides is 1. The summed E-state index contributed by atoms with van der Waals surface area (Å²) in [6.45, 7) is 10.2. The maximum Gasteiger partial charge on any atom is 0.277 e. The standard InChI is InChI=1S/C19H28N4O2S/c1-7-23(8-2)15-11-9-14(10-12-15)17-20-21-19(25-17)26-16(13(3)4)18(24)22(5)6/h9-13,16H,7-8H2,1-6H3. The highest BCUT2D eigenvalue weighted by atomic mass is 32.2. The zero-order valence-electron chi connectivity index (χ0n) is 16.4. The van der Waals surface area contributed by atoms with Crippen molar-refractivity contribution in [3.63, 3.8) is 0 Å². The fraction of sp³-hybridized carbons (Fsp3) is 0.526. The van der Waals surface area contributed by atoms with Gasteiger partial charge in [0.15, 0.2) is 0 Å². The highest BCUT2D eigenvalue weighted by molar-refractivity contribution is 8.00. The molecule has 0 bridgehead atoms. The molecule has 0 aliphatic heterocycles. The van der Waals surface area contributed by atoms with Gasteiger partial charge in [-0.25, -0.2) is 0 Å². The summed E-state index contributed by atoms with van der Waals surface area (Å²) in [6.07, 6.45) is 0. The van der Waals surface area contributed by atoms with Gasteiger partial charge >= 0.3 is 0 Å². The number of carbonyl (C=O) groups excluding carboxylic acids is 1. The highest BCUT2D eigenvalue weighted by Gasteiger charge is 2.27. The van der Waals surface area contributed by atoms with Gasteiger partial charge < -0.3 is 14.2 Å². The monoisotopic (exact) mass is 376 g/mol. The molecule has 2 rings (SSSR count). The SMILES string of the molecule is CCN(CC)c1ccc(-c2nnc(SC(C(=O)N(C)C)C(C)C)o2)cc1. The molecule has 7 heteroatoms. The predicted octanol–water partition coefficient (Wildman–Crippen LogP) is 3.79. The van der Waals surface area contributed by atoms with Crippen molar-refractivity contribution in [1.82, 2.24) is 15.1 Å². The van der Waals surface area contributed by atoms with Crippen LogP contribution in [0.25, 0.3) is 11.5 Å². The Hall–Kier alpha value is -2.02. The van der Waals surface area contributed by atoms with E-state index >= 15 is 0 Å². The van der Waals surface area contributed by atoms with Crippen molar-refractivity contribution in [1.29, 1.82) is 0 Å². The Morgan fingerprint density at radius 2 is 1.73 bits per heavy atom. The third kappa shape index (κ3) is 4.78. The molecule has 0 aliphatic carbocycles. The van der Waals surface area contributed by atoms with E-state index in [1.54, 1.807) is 19.0 Å². The summed E-state index contributed by atoms with van der Waals surface area (Å²) in [5.74, 6) is 0.685. The van der Waals surface area contributed by atoms with E-state index in [0.29, 0.717) is 11.1 Å². The Kier molecular flexibility index (Phi) is 7.08. The summed E-state index contributed by atoms with van der Waals surface area (Å²) >= 11 is 1.32. The molecule has 1 heterocycles. The lowest BCUT2D eigenvalue weighted by atomic mass is 10.1. The third-order valence-corrected chi connectivity index (χ3v) is 5.53. The second-order valence-corrected chi connectivity index (χ2v) is 7.70. The van der Waals surface area contributed by atoms with E-state index in [9.17, 15) is 4.79 Å². The Bertz CT molecular complexity index is 709. The fourth-order valence-electron chi connectivity index (χ4n) is 2.61. The van der Waals surface area contributed by atoms with Gasteiger partial charge in [-0.1, -0.05) is 25.6 Å². The van der Waals surface area contributed by atoms with Crippen molar-refractivity contribution in [2.24, 2.45) is 5.92 Å². The molecule has 2 aromatic rings. The minimum absolute atomic E-state index is 0.0494. The Labute approximate surface area is 160 Å². The molecule has 1 aromatic carbocycles. The van der Waals surface area contributed by atoms with Crippen LogP contribution in [0.1, 0.15) is 27.7 Å². The van der Waals surface area contributed by atoms with Crippen LogP contribution in [0, 0.1) is 5.92 Å². The topological polar surface area (TPSA) is 62.5 Å². The van der Waals surface area contributed by atoms with Crippen molar-refractivity contribution in [2.75, 3.05) is 32.1 Å². The quantitative estimate of drug-likeness (QED) is 0.653. The van der Waals surface area contributed by atoms with Crippen LogP contribution in [0.2, 0.25) is 0 Å². The molecule has 0 N–H and O–H groups in total. The van der Waals surface area contributed by atoms with Crippen molar-refractivity contribution in [2.45, 2.75) is 38.2 Å². The van der Waals surface area contributed by atoms with Crippen LogP contribution in [0.5, 0.6) is 0 Å². The second kappa shape index (κ2) is 9.07. The number of nitrogens with zero attached hydrogens (tertiary/aromatic N) is 4. The molecular weight excluding hydrogens is 348 g/mol. The molecule has 0 saturated heterocycles. The van der Waals surface area contributed by atoms with E-state index in [2.05, 4.69) is 41.1 Å². The van der Waals surface area contributed by atoms with Gasteiger partial charge in [-0.05, 0) is 44.0 Å². The molecule has 1 unspecified atom stereocenters. The van der Waals surface area contributed by atoms with Crippen LogP contribution in [-0.2, 0) is 4.79 Å². The van der Waals surface area contributed by atoms with Crippen LogP contribution < -0.4 is 4.90 Å².